The third-order valence-corrected chi connectivity index (χ3v) is 5.38. The van der Waals surface area contributed by atoms with E-state index >= 15 is 0 Å². The molecule has 1 aliphatic carbocycles. The Balaban J connectivity index is 1.68. The second kappa shape index (κ2) is 7.05. The van der Waals surface area contributed by atoms with E-state index in [0.29, 0.717) is 29.2 Å². The molecule has 6 heteroatoms. The van der Waals surface area contributed by atoms with Crippen LogP contribution in [0.3, 0.4) is 0 Å². The summed E-state index contributed by atoms with van der Waals surface area (Å²) in [5.74, 6) is 0.844. The van der Waals surface area contributed by atoms with Crippen LogP contribution in [0.15, 0.2) is 78.3 Å². The number of carbonyl (C=O) groups excluding carboxylic acids is 1. The molecule has 0 radical (unpaired) electrons. The number of nitrogens with zero attached hydrogens (tertiary/aromatic N) is 2. The molecular formula is C23H20N4O2. The molecule has 3 aromatic rings. The van der Waals surface area contributed by atoms with Crippen molar-refractivity contribution in [2.24, 2.45) is 0 Å². The van der Waals surface area contributed by atoms with Gasteiger partial charge in [0.25, 0.3) is 0 Å². The summed E-state index contributed by atoms with van der Waals surface area (Å²) in [4.78, 5) is 17.3. The lowest BCUT2D eigenvalue weighted by atomic mass is 9.78. The van der Waals surface area contributed by atoms with Crippen LogP contribution in [0.4, 0.5) is 5.69 Å². The average molecular weight is 384 g/mol. The first-order valence-electron chi connectivity index (χ1n) is 9.69. The van der Waals surface area contributed by atoms with Crippen LogP contribution in [-0.4, -0.2) is 15.4 Å². The summed E-state index contributed by atoms with van der Waals surface area (Å²) >= 11 is 0. The number of para-hydroxylation sites is 1. The number of anilines is 1. The third kappa shape index (κ3) is 3.02. The van der Waals surface area contributed by atoms with Crippen molar-refractivity contribution < 1.29 is 9.53 Å². The molecule has 1 aromatic heterocycles. The Hall–Kier alpha value is -3.67. The van der Waals surface area contributed by atoms with Gasteiger partial charge in [0.05, 0.1) is 11.3 Å². The van der Waals surface area contributed by atoms with Crippen LogP contribution in [-0.2, 0) is 4.79 Å². The van der Waals surface area contributed by atoms with Gasteiger partial charge in [0, 0.05) is 24.3 Å². The molecule has 0 fully saturated rings. The molecular weight excluding hydrogens is 364 g/mol. The van der Waals surface area contributed by atoms with Crippen molar-refractivity contribution in [3.8, 4) is 5.88 Å². The highest BCUT2D eigenvalue weighted by molar-refractivity contribution is 5.99. The van der Waals surface area contributed by atoms with Gasteiger partial charge >= 0.3 is 0 Å². The van der Waals surface area contributed by atoms with Crippen LogP contribution in [0.2, 0.25) is 0 Å². The number of ketones is 1. The highest BCUT2D eigenvalue weighted by Crippen LogP contribution is 2.44. The Morgan fingerprint density at radius 2 is 1.76 bits per heavy atom. The molecule has 2 N–H and O–H groups in total. The van der Waals surface area contributed by atoms with Gasteiger partial charge in [-0.2, -0.15) is 0 Å². The summed E-state index contributed by atoms with van der Waals surface area (Å²) in [7, 11) is 0. The highest BCUT2D eigenvalue weighted by Gasteiger charge is 2.38. The van der Waals surface area contributed by atoms with Crippen molar-refractivity contribution in [1.82, 2.24) is 9.66 Å². The second-order valence-electron chi connectivity index (χ2n) is 7.22. The average Bonchev–Trinajstić information content (AvgIpc) is 2.76. The van der Waals surface area contributed by atoms with E-state index in [2.05, 4.69) is 10.4 Å². The maximum absolute atomic E-state index is 12.9. The molecule has 6 nitrogen and oxygen atoms in total. The van der Waals surface area contributed by atoms with Gasteiger partial charge in [0.1, 0.15) is 12.1 Å². The first kappa shape index (κ1) is 17.4. The first-order valence-corrected chi connectivity index (χ1v) is 9.69. The lowest BCUT2D eigenvalue weighted by molar-refractivity contribution is -0.116. The molecule has 1 atom stereocenters. The number of ether oxygens (including phenoxy) is 1. The van der Waals surface area contributed by atoms with E-state index in [4.69, 9.17) is 10.1 Å². The zero-order valence-electron chi connectivity index (χ0n) is 15.8. The van der Waals surface area contributed by atoms with Crippen molar-refractivity contribution in [3.05, 3.63) is 94.9 Å². The maximum Gasteiger partial charge on any atom is 0.228 e. The Labute approximate surface area is 168 Å². The third-order valence-electron chi connectivity index (χ3n) is 5.38. The number of aromatic nitrogens is 2. The summed E-state index contributed by atoms with van der Waals surface area (Å²) in [5, 5.41) is 8.87. The Morgan fingerprint density at radius 1 is 1.03 bits per heavy atom. The quantitative estimate of drug-likeness (QED) is 0.720. The molecule has 2 aliphatic rings. The first-order chi connectivity index (χ1) is 14.2. The highest BCUT2D eigenvalue weighted by atomic mass is 16.5. The number of benzene rings is 2. The van der Waals surface area contributed by atoms with E-state index in [1.807, 2.05) is 60.7 Å². The number of allylic oxidation sites excluding steroid dienone is 2. The van der Waals surface area contributed by atoms with Crippen LogP contribution in [0.25, 0.3) is 0 Å². The number of Topliss-reactive ketones (excluding diaryl/α,β-unsaturated/α-hetero) is 1. The van der Waals surface area contributed by atoms with Crippen molar-refractivity contribution in [2.45, 2.75) is 25.2 Å². The maximum atomic E-state index is 12.9. The summed E-state index contributed by atoms with van der Waals surface area (Å²) in [5.41, 5.74) is 6.49. The predicted octanol–water partition coefficient (Wildman–Crippen LogP) is 3.77. The molecule has 0 bridgehead atoms. The monoisotopic (exact) mass is 384 g/mol. The SMILES string of the molecule is N=c1c2c(ncn1Nc1ccccc1)OC1=C(C(=O)CCC1)C2c1ccccc1. The molecule has 1 aliphatic heterocycles. The summed E-state index contributed by atoms with van der Waals surface area (Å²) in [6, 6.07) is 19.5. The van der Waals surface area contributed by atoms with E-state index in [9.17, 15) is 4.79 Å². The Kier molecular flexibility index (Phi) is 4.24. The van der Waals surface area contributed by atoms with Gasteiger partial charge < -0.3 is 4.74 Å². The summed E-state index contributed by atoms with van der Waals surface area (Å²) < 4.78 is 7.59. The van der Waals surface area contributed by atoms with Crippen LogP contribution in [0, 0.1) is 5.41 Å². The molecule has 0 spiro atoms. The zero-order chi connectivity index (χ0) is 19.8. The van der Waals surface area contributed by atoms with Crippen molar-refractivity contribution in [2.75, 3.05) is 5.43 Å². The second-order valence-corrected chi connectivity index (χ2v) is 7.22. The van der Waals surface area contributed by atoms with Crippen LogP contribution in [0.1, 0.15) is 36.3 Å². The normalized spacial score (nSPS) is 17.9. The fourth-order valence-electron chi connectivity index (χ4n) is 4.05. The Morgan fingerprint density at radius 3 is 2.52 bits per heavy atom. The molecule has 144 valence electrons. The van der Waals surface area contributed by atoms with Crippen molar-refractivity contribution in [3.63, 3.8) is 0 Å². The van der Waals surface area contributed by atoms with E-state index < -0.39 is 0 Å². The van der Waals surface area contributed by atoms with Crippen molar-refractivity contribution >= 4 is 11.5 Å². The predicted molar refractivity (Wildman–Crippen MR) is 108 cm³/mol. The van der Waals surface area contributed by atoms with Gasteiger partial charge in [0.15, 0.2) is 11.3 Å². The Bertz CT molecular complexity index is 1170. The summed E-state index contributed by atoms with van der Waals surface area (Å²) in [6.45, 7) is 0. The van der Waals surface area contributed by atoms with E-state index in [1.165, 1.54) is 0 Å². The van der Waals surface area contributed by atoms with Crippen molar-refractivity contribution in [1.29, 1.82) is 5.41 Å². The summed E-state index contributed by atoms with van der Waals surface area (Å²) in [6.07, 6.45) is 3.56. The van der Waals surface area contributed by atoms with E-state index in [0.717, 1.165) is 24.1 Å². The number of hydrogen-bond donors (Lipinski definition) is 2. The molecule has 29 heavy (non-hydrogen) atoms. The van der Waals surface area contributed by atoms with Gasteiger partial charge in [-0.25, -0.2) is 9.66 Å². The minimum Gasteiger partial charge on any atom is -0.442 e. The van der Waals surface area contributed by atoms with E-state index in [-0.39, 0.29) is 17.2 Å². The topological polar surface area (TPSA) is 80.0 Å². The minimum absolute atomic E-state index is 0.0941. The molecule has 0 saturated carbocycles. The number of fused-ring (bicyclic) bond motifs is 1. The largest absolute Gasteiger partial charge is 0.442 e. The fourth-order valence-corrected chi connectivity index (χ4v) is 4.05. The standard InChI is InChI=1S/C23H20N4O2/c24-22-21-19(15-8-3-1-4-9-15)20-17(28)12-7-13-18(20)29-23(21)25-14-27(22)26-16-10-5-2-6-11-16/h1-6,8-11,14,19,24,26H,7,12-13H2. The molecule has 0 saturated heterocycles. The van der Waals surface area contributed by atoms with Crippen LogP contribution < -0.4 is 15.7 Å². The van der Waals surface area contributed by atoms with Crippen LogP contribution >= 0.6 is 0 Å². The smallest absolute Gasteiger partial charge is 0.228 e. The lowest BCUT2D eigenvalue weighted by Gasteiger charge is -2.32. The molecule has 2 aromatic carbocycles. The fraction of sp³-hybridized carbons (Fsp3) is 0.174. The van der Waals surface area contributed by atoms with E-state index in [1.54, 1.807) is 11.0 Å². The number of carbonyl (C=O) groups is 1. The van der Waals surface area contributed by atoms with Crippen LogP contribution in [0.5, 0.6) is 5.88 Å². The minimum atomic E-state index is -0.354. The number of nitrogens with one attached hydrogen (secondary N) is 2. The number of hydrogen-bond acceptors (Lipinski definition) is 5. The van der Waals surface area contributed by atoms with Gasteiger partial charge in [0.2, 0.25) is 5.88 Å². The van der Waals surface area contributed by atoms with Gasteiger partial charge in [-0.1, -0.05) is 48.5 Å². The lowest BCUT2D eigenvalue weighted by Crippen LogP contribution is -2.36. The zero-order valence-corrected chi connectivity index (χ0v) is 15.8. The van der Waals surface area contributed by atoms with Gasteiger partial charge in [-0.3, -0.25) is 15.6 Å². The molecule has 0 amide bonds. The van der Waals surface area contributed by atoms with Gasteiger partial charge in [-0.15, -0.1) is 0 Å². The molecule has 5 rings (SSSR count). The molecule has 1 unspecified atom stereocenters. The number of rotatable bonds is 3. The molecule has 2 heterocycles. The van der Waals surface area contributed by atoms with Gasteiger partial charge in [-0.05, 0) is 24.1 Å².